The van der Waals surface area contributed by atoms with Gasteiger partial charge in [0.15, 0.2) is 0 Å². The molecule has 0 radical (unpaired) electrons. The topological polar surface area (TPSA) is 49.4 Å². The van der Waals surface area contributed by atoms with Crippen LogP contribution in [0.25, 0.3) is 0 Å². The molecular formula is C12H19BrN2O2S2. The largest absolute Gasteiger partial charge is 0.319 e. The van der Waals surface area contributed by atoms with Crippen molar-refractivity contribution in [2.75, 3.05) is 26.7 Å². The number of rotatable bonds is 4. The second-order valence-electron chi connectivity index (χ2n) is 4.90. The number of nitrogens with one attached hydrogen (secondary N) is 1. The van der Waals surface area contributed by atoms with E-state index in [-0.39, 0.29) is 0 Å². The average Bonchev–Trinajstić information content (AvgIpc) is 2.70. The number of thiophene rings is 1. The second-order valence-corrected chi connectivity index (χ2v) is 9.44. The SMILES string of the molecule is CNCC1CCCN(S(=O)(=O)c2cc(Br)sc2C)C1. The van der Waals surface area contributed by atoms with Gasteiger partial charge in [0.25, 0.3) is 0 Å². The van der Waals surface area contributed by atoms with E-state index in [2.05, 4.69) is 21.2 Å². The van der Waals surface area contributed by atoms with Gasteiger partial charge in [-0.1, -0.05) is 0 Å². The van der Waals surface area contributed by atoms with Gasteiger partial charge in [-0.05, 0) is 61.3 Å². The van der Waals surface area contributed by atoms with Crippen molar-refractivity contribution in [1.29, 1.82) is 0 Å². The number of nitrogens with zero attached hydrogens (tertiary/aromatic N) is 1. The molecule has 1 saturated heterocycles. The zero-order valence-corrected chi connectivity index (χ0v) is 14.4. The van der Waals surface area contributed by atoms with Gasteiger partial charge in [-0.25, -0.2) is 8.42 Å². The van der Waals surface area contributed by atoms with Crippen molar-refractivity contribution >= 4 is 37.3 Å². The van der Waals surface area contributed by atoms with Crippen LogP contribution in [0, 0.1) is 12.8 Å². The molecular weight excluding hydrogens is 348 g/mol. The van der Waals surface area contributed by atoms with Gasteiger partial charge in [0.1, 0.15) is 0 Å². The molecule has 19 heavy (non-hydrogen) atoms. The van der Waals surface area contributed by atoms with Crippen LogP contribution in [0.2, 0.25) is 0 Å². The summed E-state index contributed by atoms with van der Waals surface area (Å²) in [4.78, 5) is 1.30. The van der Waals surface area contributed by atoms with Crippen LogP contribution in [0.1, 0.15) is 17.7 Å². The van der Waals surface area contributed by atoms with Crippen LogP contribution in [-0.2, 0) is 10.0 Å². The summed E-state index contributed by atoms with van der Waals surface area (Å²) >= 11 is 4.83. The van der Waals surface area contributed by atoms with Gasteiger partial charge in [-0.2, -0.15) is 4.31 Å². The van der Waals surface area contributed by atoms with Crippen molar-refractivity contribution in [3.05, 3.63) is 14.7 Å². The quantitative estimate of drug-likeness (QED) is 0.889. The molecule has 1 aliphatic rings. The Bertz CT molecular complexity index is 540. The third kappa shape index (κ3) is 3.39. The fourth-order valence-electron chi connectivity index (χ4n) is 2.53. The van der Waals surface area contributed by atoms with Crippen molar-refractivity contribution in [2.45, 2.75) is 24.7 Å². The molecule has 0 aliphatic carbocycles. The number of aryl methyl sites for hydroxylation is 1. The number of hydrogen-bond acceptors (Lipinski definition) is 4. The summed E-state index contributed by atoms with van der Waals surface area (Å²) in [5.74, 6) is 0.413. The van der Waals surface area contributed by atoms with Gasteiger partial charge in [0, 0.05) is 18.0 Å². The molecule has 2 rings (SSSR count). The lowest BCUT2D eigenvalue weighted by molar-refractivity contribution is 0.263. The van der Waals surface area contributed by atoms with Gasteiger partial charge in [-0.3, -0.25) is 0 Å². The summed E-state index contributed by atoms with van der Waals surface area (Å²) in [7, 11) is -1.43. The van der Waals surface area contributed by atoms with Crippen molar-refractivity contribution in [3.63, 3.8) is 0 Å². The summed E-state index contributed by atoms with van der Waals surface area (Å²) < 4.78 is 27.8. The van der Waals surface area contributed by atoms with E-state index in [1.165, 1.54) is 11.3 Å². The highest BCUT2D eigenvalue weighted by molar-refractivity contribution is 9.11. The van der Waals surface area contributed by atoms with E-state index in [9.17, 15) is 8.42 Å². The van der Waals surface area contributed by atoms with Gasteiger partial charge in [0.05, 0.1) is 8.68 Å². The fourth-order valence-corrected chi connectivity index (χ4v) is 6.46. The number of piperidine rings is 1. The number of hydrogen-bond donors (Lipinski definition) is 1. The van der Waals surface area contributed by atoms with E-state index in [0.717, 1.165) is 28.0 Å². The Hall–Kier alpha value is 0.0500. The van der Waals surface area contributed by atoms with E-state index < -0.39 is 10.0 Å². The molecule has 1 aromatic rings. The number of halogens is 1. The third-order valence-corrected chi connectivity index (χ3v) is 7.11. The molecule has 0 amide bonds. The lowest BCUT2D eigenvalue weighted by atomic mass is 10.00. The predicted molar refractivity (Wildman–Crippen MR) is 82.2 cm³/mol. The summed E-state index contributed by atoms with van der Waals surface area (Å²) in [6.45, 7) is 3.99. The van der Waals surface area contributed by atoms with Crippen LogP contribution in [0.15, 0.2) is 14.7 Å². The maximum atomic E-state index is 12.7. The van der Waals surface area contributed by atoms with Crippen LogP contribution in [0.4, 0.5) is 0 Å². The molecule has 1 aliphatic heterocycles. The molecule has 1 aromatic heterocycles. The van der Waals surface area contributed by atoms with Crippen molar-refractivity contribution in [2.24, 2.45) is 5.92 Å². The van der Waals surface area contributed by atoms with Crippen LogP contribution in [0.5, 0.6) is 0 Å². The van der Waals surface area contributed by atoms with Crippen LogP contribution in [0.3, 0.4) is 0 Å². The maximum Gasteiger partial charge on any atom is 0.244 e. The first-order chi connectivity index (χ1) is 8.95. The maximum absolute atomic E-state index is 12.7. The van der Waals surface area contributed by atoms with E-state index in [0.29, 0.717) is 23.9 Å². The highest BCUT2D eigenvalue weighted by atomic mass is 79.9. The van der Waals surface area contributed by atoms with Gasteiger partial charge in [-0.15, -0.1) is 11.3 Å². The normalized spacial score (nSPS) is 21.7. The molecule has 0 aromatic carbocycles. The van der Waals surface area contributed by atoms with Gasteiger partial charge >= 0.3 is 0 Å². The Morgan fingerprint density at radius 1 is 1.58 bits per heavy atom. The molecule has 2 heterocycles. The summed E-state index contributed by atoms with van der Waals surface area (Å²) in [6.07, 6.45) is 2.04. The van der Waals surface area contributed by atoms with E-state index in [1.54, 1.807) is 10.4 Å². The Morgan fingerprint density at radius 3 is 2.89 bits per heavy atom. The molecule has 0 spiro atoms. The Labute approximate surface area is 127 Å². The standard InChI is InChI=1S/C12H19BrN2O2S2/c1-9-11(6-12(13)18-9)19(16,17)15-5-3-4-10(8-15)7-14-2/h6,10,14H,3-5,7-8H2,1-2H3. The lowest BCUT2D eigenvalue weighted by Crippen LogP contribution is -2.42. The van der Waals surface area contributed by atoms with E-state index in [4.69, 9.17) is 0 Å². The zero-order chi connectivity index (χ0) is 14.0. The first kappa shape index (κ1) is 15.4. The first-order valence-electron chi connectivity index (χ1n) is 6.36. The van der Waals surface area contributed by atoms with E-state index in [1.807, 2.05) is 14.0 Å². The summed E-state index contributed by atoms with van der Waals surface area (Å²) in [5.41, 5.74) is 0. The highest BCUT2D eigenvalue weighted by Gasteiger charge is 2.31. The molecule has 0 saturated carbocycles. The Morgan fingerprint density at radius 2 is 2.32 bits per heavy atom. The minimum atomic E-state index is -3.34. The third-order valence-electron chi connectivity index (χ3n) is 3.43. The van der Waals surface area contributed by atoms with Crippen LogP contribution < -0.4 is 5.32 Å². The fraction of sp³-hybridized carbons (Fsp3) is 0.667. The summed E-state index contributed by atoms with van der Waals surface area (Å²) in [5, 5.41) is 3.14. The molecule has 108 valence electrons. The molecule has 0 bridgehead atoms. The van der Waals surface area contributed by atoms with Crippen molar-refractivity contribution < 1.29 is 8.42 Å². The minimum absolute atomic E-state index is 0.413. The molecule has 1 atom stereocenters. The monoisotopic (exact) mass is 366 g/mol. The molecule has 1 N–H and O–H groups in total. The van der Waals surface area contributed by atoms with Gasteiger partial charge in [0.2, 0.25) is 10.0 Å². The average molecular weight is 367 g/mol. The number of sulfonamides is 1. The van der Waals surface area contributed by atoms with Crippen LogP contribution in [-0.4, -0.2) is 39.4 Å². The zero-order valence-electron chi connectivity index (χ0n) is 11.1. The van der Waals surface area contributed by atoms with E-state index >= 15 is 0 Å². The van der Waals surface area contributed by atoms with Crippen molar-refractivity contribution in [3.8, 4) is 0 Å². The first-order valence-corrected chi connectivity index (χ1v) is 9.40. The molecule has 7 heteroatoms. The predicted octanol–water partition coefficient (Wildman–Crippen LogP) is 2.44. The van der Waals surface area contributed by atoms with Crippen LogP contribution >= 0.6 is 27.3 Å². The lowest BCUT2D eigenvalue weighted by Gasteiger charge is -2.31. The second kappa shape index (κ2) is 6.22. The molecule has 1 unspecified atom stereocenters. The smallest absolute Gasteiger partial charge is 0.244 e. The van der Waals surface area contributed by atoms with Crippen molar-refractivity contribution in [1.82, 2.24) is 9.62 Å². The molecule has 4 nitrogen and oxygen atoms in total. The van der Waals surface area contributed by atoms with Gasteiger partial charge < -0.3 is 5.32 Å². The molecule has 1 fully saturated rings. The Kier molecular flexibility index (Phi) is 5.05. The minimum Gasteiger partial charge on any atom is -0.319 e. The Balaban J connectivity index is 2.22. The summed E-state index contributed by atoms with van der Waals surface area (Å²) in [6, 6.07) is 1.72. The highest BCUT2D eigenvalue weighted by Crippen LogP contribution is 2.33.